The van der Waals surface area contributed by atoms with Crippen molar-refractivity contribution in [2.24, 2.45) is 5.92 Å². The van der Waals surface area contributed by atoms with Crippen LogP contribution in [0.5, 0.6) is 0 Å². The van der Waals surface area contributed by atoms with Crippen molar-refractivity contribution in [3.63, 3.8) is 0 Å². The van der Waals surface area contributed by atoms with Crippen molar-refractivity contribution >= 4 is 29.3 Å². The number of hydrogen-bond acceptors (Lipinski definition) is 7. The fraction of sp³-hybridized carbons (Fsp3) is 0.571. The summed E-state index contributed by atoms with van der Waals surface area (Å²) in [5.41, 5.74) is -0.997. The fourth-order valence-corrected chi connectivity index (χ4v) is 5.41. The van der Waals surface area contributed by atoms with Gasteiger partial charge in [-0.15, -0.1) is 0 Å². The van der Waals surface area contributed by atoms with Gasteiger partial charge in [-0.3, -0.25) is 9.59 Å². The molecule has 2 fully saturated rings. The van der Waals surface area contributed by atoms with Gasteiger partial charge in [0.1, 0.15) is 17.2 Å². The highest BCUT2D eigenvalue weighted by atomic mass is 19.4. The minimum absolute atomic E-state index is 0.0123. The van der Waals surface area contributed by atoms with E-state index >= 15 is 4.39 Å². The Bertz CT molecular complexity index is 1250. The minimum atomic E-state index is -4.73. The van der Waals surface area contributed by atoms with E-state index in [1.807, 2.05) is 20.9 Å². The van der Waals surface area contributed by atoms with Crippen LogP contribution in [0.2, 0.25) is 0 Å². The molecule has 9 nitrogen and oxygen atoms in total. The average Bonchev–Trinajstić information content (AvgIpc) is 3.36. The SMILES string of the molecule is CC(C)NC(=O)C1CCCC1Nc1nc(Nc2ccc(C(=O)N(C)C3CCN(C)CC3)c(F)c2)ncc1C(F)(F)F. The second kappa shape index (κ2) is 12.6. The van der Waals surface area contributed by atoms with Crippen molar-refractivity contribution in [3.05, 3.63) is 41.3 Å². The molecule has 2 unspecified atom stereocenters. The van der Waals surface area contributed by atoms with Gasteiger partial charge in [0.2, 0.25) is 11.9 Å². The third-order valence-electron chi connectivity index (χ3n) is 7.71. The standard InChI is InChI=1S/C28H37F4N7O2/c1-16(2)34-25(40)20-6-5-7-23(20)36-24-21(28(30,31)32)15-33-27(37-24)35-17-8-9-19(22(29)14-17)26(41)39(4)18-10-12-38(3)13-11-18/h8-9,14-16,18,20,23H,5-7,10-13H2,1-4H3,(H,34,40)(H2,33,35,36,37). The Kier molecular flexibility index (Phi) is 9.35. The Morgan fingerprint density at radius 2 is 1.83 bits per heavy atom. The summed E-state index contributed by atoms with van der Waals surface area (Å²) in [4.78, 5) is 37.2. The second-order valence-electron chi connectivity index (χ2n) is 11.2. The third-order valence-corrected chi connectivity index (χ3v) is 7.71. The predicted octanol–water partition coefficient (Wildman–Crippen LogP) is 4.65. The normalized spacial score (nSPS) is 20.2. The van der Waals surface area contributed by atoms with Crippen LogP contribution in [-0.4, -0.2) is 76.9 Å². The molecule has 3 N–H and O–H groups in total. The van der Waals surface area contributed by atoms with Crippen molar-refractivity contribution in [1.29, 1.82) is 0 Å². The smallest absolute Gasteiger partial charge is 0.366 e. The summed E-state index contributed by atoms with van der Waals surface area (Å²) in [6.45, 7) is 5.34. The number of carbonyl (C=O) groups excluding carboxylic acids is 2. The topological polar surface area (TPSA) is 102 Å². The fourth-order valence-electron chi connectivity index (χ4n) is 5.41. The number of nitrogens with zero attached hydrogens (tertiary/aromatic N) is 4. The summed E-state index contributed by atoms with van der Waals surface area (Å²) >= 11 is 0. The van der Waals surface area contributed by atoms with Gasteiger partial charge >= 0.3 is 6.18 Å². The highest BCUT2D eigenvalue weighted by molar-refractivity contribution is 5.95. The first-order valence-electron chi connectivity index (χ1n) is 13.9. The van der Waals surface area contributed by atoms with Crippen LogP contribution in [-0.2, 0) is 11.0 Å². The molecule has 1 saturated heterocycles. The number of amides is 2. The zero-order chi connectivity index (χ0) is 29.9. The molecule has 224 valence electrons. The Labute approximate surface area is 237 Å². The van der Waals surface area contributed by atoms with Gasteiger partial charge < -0.3 is 25.8 Å². The molecule has 1 aliphatic heterocycles. The number of alkyl halides is 3. The molecule has 2 atom stereocenters. The summed E-state index contributed by atoms with van der Waals surface area (Å²) in [5, 5.41) is 8.39. The van der Waals surface area contributed by atoms with Crippen LogP contribution in [0.15, 0.2) is 24.4 Å². The Hall–Kier alpha value is -3.48. The quantitative estimate of drug-likeness (QED) is 0.392. The van der Waals surface area contributed by atoms with Crippen molar-refractivity contribution in [2.75, 3.05) is 37.8 Å². The van der Waals surface area contributed by atoms with E-state index in [-0.39, 0.29) is 35.2 Å². The van der Waals surface area contributed by atoms with E-state index in [0.717, 1.165) is 32.0 Å². The first-order chi connectivity index (χ1) is 19.3. The molecule has 2 aromatic rings. The molecule has 1 aliphatic carbocycles. The van der Waals surface area contributed by atoms with Gasteiger partial charge in [0.05, 0.1) is 11.5 Å². The number of rotatable bonds is 8. The van der Waals surface area contributed by atoms with Crippen LogP contribution in [0.1, 0.15) is 61.9 Å². The molecule has 0 radical (unpaired) electrons. The highest BCUT2D eigenvalue weighted by Crippen LogP contribution is 2.37. The van der Waals surface area contributed by atoms with Crippen LogP contribution >= 0.6 is 0 Å². The van der Waals surface area contributed by atoms with Crippen molar-refractivity contribution in [3.8, 4) is 0 Å². The maximum atomic E-state index is 15.0. The predicted molar refractivity (Wildman–Crippen MR) is 147 cm³/mol. The van der Waals surface area contributed by atoms with E-state index in [1.165, 1.54) is 12.1 Å². The van der Waals surface area contributed by atoms with Gasteiger partial charge in [-0.1, -0.05) is 6.42 Å². The zero-order valence-electron chi connectivity index (χ0n) is 23.7. The van der Waals surface area contributed by atoms with Crippen LogP contribution in [0, 0.1) is 11.7 Å². The molecule has 4 rings (SSSR count). The number of anilines is 3. The lowest BCUT2D eigenvalue weighted by Crippen LogP contribution is -2.44. The molecule has 41 heavy (non-hydrogen) atoms. The maximum absolute atomic E-state index is 15.0. The molecular formula is C28H37F4N7O2. The summed E-state index contributed by atoms with van der Waals surface area (Å²) in [5.74, 6) is -2.58. The number of carbonyl (C=O) groups is 2. The number of halogens is 4. The van der Waals surface area contributed by atoms with E-state index < -0.39 is 41.2 Å². The van der Waals surface area contributed by atoms with E-state index in [4.69, 9.17) is 0 Å². The third kappa shape index (κ3) is 7.43. The van der Waals surface area contributed by atoms with Gasteiger partial charge in [0, 0.05) is 37.1 Å². The average molecular weight is 580 g/mol. The number of benzene rings is 1. The molecule has 1 saturated carbocycles. The van der Waals surface area contributed by atoms with Crippen LogP contribution in [0.4, 0.5) is 35.0 Å². The van der Waals surface area contributed by atoms with Gasteiger partial charge in [0.25, 0.3) is 5.91 Å². The van der Waals surface area contributed by atoms with Gasteiger partial charge in [-0.25, -0.2) is 9.37 Å². The Balaban J connectivity index is 1.51. The molecule has 2 aliphatic rings. The van der Waals surface area contributed by atoms with Crippen LogP contribution < -0.4 is 16.0 Å². The number of nitrogens with one attached hydrogen (secondary N) is 3. The highest BCUT2D eigenvalue weighted by Gasteiger charge is 2.39. The number of likely N-dealkylation sites (tertiary alicyclic amines) is 1. The summed E-state index contributed by atoms with van der Waals surface area (Å²) in [7, 11) is 3.68. The van der Waals surface area contributed by atoms with Crippen molar-refractivity contribution in [1.82, 2.24) is 25.1 Å². The monoisotopic (exact) mass is 579 g/mol. The summed E-state index contributed by atoms with van der Waals surface area (Å²) < 4.78 is 56.4. The van der Waals surface area contributed by atoms with Crippen molar-refractivity contribution < 1.29 is 27.2 Å². The molecule has 1 aromatic heterocycles. The number of piperidine rings is 1. The largest absolute Gasteiger partial charge is 0.421 e. The molecule has 1 aromatic carbocycles. The molecule has 2 amide bonds. The zero-order valence-corrected chi connectivity index (χ0v) is 23.7. The molecule has 0 bridgehead atoms. The Morgan fingerprint density at radius 3 is 2.46 bits per heavy atom. The van der Waals surface area contributed by atoms with Crippen LogP contribution in [0.3, 0.4) is 0 Å². The second-order valence-corrected chi connectivity index (χ2v) is 11.2. The van der Waals surface area contributed by atoms with Gasteiger partial charge in [0.15, 0.2) is 0 Å². The van der Waals surface area contributed by atoms with Gasteiger partial charge in [-0.2, -0.15) is 18.2 Å². The molecule has 0 spiro atoms. The van der Waals surface area contributed by atoms with Crippen LogP contribution in [0.25, 0.3) is 0 Å². The van der Waals surface area contributed by atoms with Gasteiger partial charge in [-0.05, 0) is 77.9 Å². The maximum Gasteiger partial charge on any atom is 0.421 e. The first kappa shape index (κ1) is 30.5. The number of hydrogen-bond donors (Lipinski definition) is 3. The molecule has 2 heterocycles. The van der Waals surface area contributed by atoms with Crippen molar-refractivity contribution in [2.45, 2.75) is 70.3 Å². The van der Waals surface area contributed by atoms with E-state index in [0.29, 0.717) is 25.5 Å². The Morgan fingerprint density at radius 1 is 1.12 bits per heavy atom. The van der Waals surface area contributed by atoms with E-state index in [9.17, 15) is 22.8 Å². The minimum Gasteiger partial charge on any atom is -0.366 e. The molecule has 13 heteroatoms. The summed E-state index contributed by atoms with van der Waals surface area (Å²) in [6, 6.07) is 3.26. The number of aromatic nitrogens is 2. The summed E-state index contributed by atoms with van der Waals surface area (Å²) in [6.07, 6.45) is -0.748. The molecular weight excluding hydrogens is 542 g/mol. The lowest BCUT2D eigenvalue weighted by atomic mass is 10.0. The first-order valence-corrected chi connectivity index (χ1v) is 13.9. The van der Waals surface area contributed by atoms with E-state index in [1.54, 1.807) is 11.9 Å². The lowest BCUT2D eigenvalue weighted by Gasteiger charge is -2.35. The van der Waals surface area contributed by atoms with E-state index in [2.05, 4.69) is 30.8 Å². The lowest BCUT2D eigenvalue weighted by molar-refractivity contribution is -0.137.